The number of pyridine rings is 1. The molecule has 2 rings (SSSR count). The van der Waals surface area contributed by atoms with Gasteiger partial charge in [-0.15, -0.1) is 11.6 Å². The molecule has 0 aliphatic carbocycles. The third-order valence-electron chi connectivity index (χ3n) is 2.50. The van der Waals surface area contributed by atoms with Crippen molar-refractivity contribution in [2.45, 2.75) is 19.4 Å². The Kier molecular flexibility index (Phi) is 4.61. The zero-order valence-corrected chi connectivity index (χ0v) is 12.3. The van der Waals surface area contributed by atoms with Crippen LogP contribution in [0.2, 0.25) is 0 Å². The van der Waals surface area contributed by atoms with Crippen molar-refractivity contribution in [2.24, 2.45) is 0 Å². The molecule has 0 unspecified atom stereocenters. The van der Waals surface area contributed by atoms with Crippen molar-refractivity contribution >= 4 is 27.5 Å². The highest BCUT2D eigenvalue weighted by atomic mass is 79.9. The molecule has 18 heavy (non-hydrogen) atoms. The summed E-state index contributed by atoms with van der Waals surface area (Å²) in [6.45, 7) is 2.53. The first kappa shape index (κ1) is 13.4. The first-order chi connectivity index (χ1) is 8.69. The highest BCUT2D eigenvalue weighted by molar-refractivity contribution is 9.10. The molecule has 1 aromatic carbocycles. The number of hydrogen-bond donors (Lipinski definition) is 0. The summed E-state index contributed by atoms with van der Waals surface area (Å²) in [6.07, 6.45) is 3.64. The van der Waals surface area contributed by atoms with E-state index in [9.17, 15) is 0 Å². The Morgan fingerprint density at radius 1 is 1.28 bits per heavy atom. The van der Waals surface area contributed by atoms with Crippen molar-refractivity contribution in [3.63, 3.8) is 0 Å². The molecular weight excluding hydrogens is 314 g/mol. The van der Waals surface area contributed by atoms with E-state index < -0.39 is 0 Å². The number of aromatic nitrogens is 1. The number of benzene rings is 1. The molecule has 0 aliphatic heterocycles. The molecule has 0 saturated carbocycles. The summed E-state index contributed by atoms with van der Waals surface area (Å²) in [5.74, 6) is 1.28. The van der Waals surface area contributed by atoms with E-state index in [2.05, 4.69) is 27.0 Å². The molecule has 0 radical (unpaired) electrons. The molecule has 1 heterocycles. The van der Waals surface area contributed by atoms with Crippen LogP contribution in [-0.4, -0.2) is 4.98 Å². The Hall–Kier alpha value is -1.06. The van der Waals surface area contributed by atoms with E-state index in [1.165, 1.54) is 0 Å². The van der Waals surface area contributed by atoms with E-state index in [-0.39, 0.29) is 0 Å². The van der Waals surface area contributed by atoms with Crippen LogP contribution in [0.3, 0.4) is 0 Å². The molecule has 0 amide bonds. The Labute approximate surface area is 120 Å². The first-order valence-corrected chi connectivity index (χ1v) is 6.89. The van der Waals surface area contributed by atoms with Crippen LogP contribution in [-0.2, 0) is 12.5 Å². The second-order valence-electron chi connectivity index (χ2n) is 4.05. The average Bonchev–Trinajstić information content (AvgIpc) is 2.38. The fourth-order valence-corrected chi connectivity index (χ4v) is 2.38. The van der Waals surface area contributed by atoms with Crippen molar-refractivity contribution in [3.05, 3.63) is 57.8 Å². The van der Waals surface area contributed by atoms with Gasteiger partial charge in [0.1, 0.15) is 12.4 Å². The summed E-state index contributed by atoms with van der Waals surface area (Å²) in [5.41, 5.74) is 3.22. The molecule has 94 valence electrons. The van der Waals surface area contributed by atoms with Gasteiger partial charge in [-0.05, 0) is 42.3 Å². The highest BCUT2D eigenvalue weighted by Crippen LogP contribution is 2.24. The predicted molar refractivity (Wildman–Crippen MR) is 77.0 cm³/mol. The van der Waals surface area contributed by atoms with Gasteiger partial charge in [0.05, 0.1) is 0 Å². The minimum absolute atomic E-state index is 0.462. The van der Waals surface area contributed by atoms with E-state index in [0.29, 0.717) is 12.5 Å². The molecule has 0 atom stereocenters. The minimum Gasteiger partial charge on any atom is -0.489 e. The first-order valence-electron chi connectivity index (χ1n) is 5.57. The molecule has 0 N–H and O–H groups in total. The minimum atomic E-state index is 0.462. The monoisotopic (exact) mass is 325 g/mol. The SMILES string of the molecule is Cc1cncc(COc2ccc(Br)c(CCl)c2)c1. The zero-order valence-electron chi connectivity index (χ0n) is 9.99. The molecule has 0 bridgehead atoms. The summed E-state index contributed by atoms with van der Waals surface area (Å²) in [6, 6.07) is 7.87. The third-order valence-corrected chi connectivity index (χ3v) is 3.56. The van der Waals surface area contributed by atoms with E-state index >= 15 is 0 Å². The lowest BCUT2D eigenvalue weighted by Gasteiger charge is -2.08. The lowest BCUT2D eigenvalue weighted by atomic mass is 10.2. The van der Waals surface area contributed by atoms with Gasteiger partial charge in [-0.3, -0.25) is 4.98 Å². The van der Waals surface area contributed by atoms with Gasteiger partial charge in [-0.1, -0.05) is 15.9 Å². The largest absolute Gasteiger partial charge is 0.489 e. The number of nitrogens with zero attached hydrogens (tertiary/aromatic N) is 1. The molecule has 2 aromatic rings. The zero-order chi connectivity index (χ0) is 13.0. The summed E-state index contributed by atoms with van der Waals surface area (Å²) >= 11 is 9.29. The van der Waals surface area contributed by atoms with Crippen molar-refractivity contribution in [1.82, 2.24) is 4.98 Å². The van der Waals surface area contributed by atoms with Crippen LogP contribution >= 0.6 is 27.5 Å². The average molecular weight is 327 g/mol. The standard InChI is InChI=1S/C14H13BrClNO/c1-10-4-11(8-17-7-10)9-18-13-2-3-14(15)12(5-13)6-16/h2-5,7-8H,6,9H2,1H3. The Morgan fingerprint density at radius 2 is 2.11 bits per heavy atom. The van der Waals surface area contributed by atoms with E-state index in [0.717, 1.165) is 26.9 Å². The number of halogens is 2. The van der Waals surface area contributed by atoms with Crippen LogP contribution in [0.5, 0.6) is 5.75 Å². The predicted octanol–water partition coefficient (Wildman–Crippen LogP) is 4.47. The Bertz CT molecular complexity index is 545. The molecule has 1 aromatic heterocycles. The second-order valence-corrected chi connectivity index (χ2v) is 5.17. The van der Waals surface area contributed by atoms with E-state index in [1.807, 2.05) is 37.5 Å². The smallest absolute Gasteiger partial charge is 0.120 e. The van der Waals surface area contributed by atoms with E-state index in [4.69, 9.17) is 16.3 Å². The van der Waals surface area contributed by atoms with Gasteiger partial charge >= 0.3 is 0 Å². The number of rotatable bonds is 4. The Morgan fingerprint density at radius 3 is 2.83 bits per heavy atom. The molecule has 4 heteroatoms. The maximum absolute atomic E-state index is 5.85. The molecular formula is C14H13BrClNO. The van der Waals surface area contributed by atoms with Crippen LogP contribution < -0.4 is 4.74 Å². The maximum Gasteiger partial charge on any atom is 0.120 e. The molecule has 0 spiro atoms. The molecule has 2 nitrogen and oxygen atoms in total. The Balaban J connectivity index is 2.06. The molecule has 0 aliphatic rings. The van der Waals surface area contributed by atoms with Crippen molar-refractivity contribution in [1.29, 1.82) is 0 Å². The summed E-state index contributed by atoms with van der Waals surface area (Å²) in [7, 11) is 0. The summed E-state index contributed by atoms with van der Waals surface area (Å²) in [4.78, 5) is 4.14. The van der Waals surface area contributed by atoms with Gasteiger partial charge < -0.3 is 4.74 Å². The van der Waals surface area contributed by atoms with Crippen LogP contribution in [0.4, 0.5) is 0 Å². The van der Waals surface area contributed by atoms with Crippen LogP contribution in [0.15, 0.2) is 41.1 Å². The van der Waals surface area contributed by atoms with Crippen molar-refractivity contribution < 1.29 is 4.74 Å². The third kappa shape index (κ3) is 3.47. The lowest BCUT2D eigenvalue weighted by Crippen LogP contribution is -1.97. The lowest BCUT2D eigenvalue weighted by molar-refractivity contribution is 0.305. The fourth-order valence-electron chi connectivity index (χ4n) is 1.61. The van der Waals surface area contributed by atoms with Gasteiger partial charge in [0.15, 0.2) is 0 Å². The highest BCUT2D eigenvalue weighted by Gasteiger charge is 2.02. The summed E-state index contributed by atoms with van der Waals surface area (Å²) in [5, 5.41) is 0. The van der Waals surface area contributed by atoms with Gasteiger partial charge in [0.25, 0.3) is 0 Å². The maximum atomic E-state index is 5.85. The number of ether oxygens (including phenoxy) is 1. The number of hydrogen-bond acceptors (Lipinski definition) is 2. The van der Waals surface area contributed by atoms with Crippen molar-refractivity contribution in [3.8, 4) is 5.75 Å². The van der Waals surface area contributed by atoms with Crippen molar-refractivity contribution in [2.75, 3.05) is 0 Å². The van der Waals surface area contributed by atoms with Gasteiger partial charge in [0.2, 0.25) is 0 Å². The number of alkyl halides is 1. The normalized spacial score (nSPS) is 10.4. The van der Waals surface area contributed by atoms with Crippen LogP contribution in [0, 0.1) is 6.92 Å². The van der Waals surface area contributed by atoms with Gasteiger partial charge in [-0.2, -0.15) is 0 Å². The van der Waals surface area contributed by atoms with Gasteiger partial charge in [-0.25, -0.2) is 0 Å². The summed E-state index contributed by atoms with van der Waals surface area (Å²) < 4.78 is 6.73. The fraction of sp³-hybridized carbons (Fsp3) is 0.214. The quantitative estimate of drug-likeness (QED) is 0.773. The van der Waals surface area contributed by atoms with Crippen LogP contribution in [0.25, 0.3) is 0 Å². The van der Waals surface area contributed by atoms with Crippen LogP contribution in [0.1, 0.15) is 16.7 Å². The second kappa shape index (κ2) is 6.21. The topological polar surface area (TPSA) is 22.1 Å². The molecule has 0 fully saturated rings. The van der Waals surface area contributed by atoms with Gasteiger partial charge in [0, 0.05) is 28.3 Å². The van der Waals surface area contributed by atoms with E-state index in [1.54, 1.807) is 0 Å². The number of aryl methyl sites for hydroxylation is 1. The molecule has 0 saturated heterocycles.